The Morgan fingerprint density at radius 3 is 3.06 bits per heavy atom. The van der Waals surface area contributed by atoms with Crippen molar-refractivity contribution in [3.8, 4) is 16.9 Å². The third-order valence-corrected chi connectivity index (χ3v) is 5.04. The zero-order valence-electron chi connectivity index (χ0n) is 17.2. The molecule has 4 aromatic rings. The summed E-state index contributed by atoms with van der Waals surface area (Å²) in [6.45, 7) is 4.83. The fourth-order valence-electron chi connectivity index (χ4n) is 3.52. The third-order valence-electron chi connectivity index (χ3n) is 5.04. The van der Waals surface area contributed by atoms with Crippen molar-refractivity contribution in [3.05, 3.63) is 60.7 Å². The number of rotatable bonds is 6. The first kappa shape index (κ1) is 19.4. The lowest BCUT2D eigenvalue weighted by atomic mass is 10.1. The number of aryl methyl sites for hydroxylation is 1. The van der Waals surface area contributed by atoms with Crippen molar-refractivity contribution in [2.45, 2.75) is 13.0 Å². The fraction of sp³-hybridized carbons (Fsp3) is 0.273. The van der Waals surface area contributed by atoms with Crippen LogP contribution in [0.15, 0.2) is 55.0 Å². The van der Waals surface area contributed by atoms with Gasteiger partial charge < -0.3 is 20.1 Å². The van der Waals surface area contributed by atoms with E-state index in [1.165, 1.54) is 0 Å². The predicted molar refractivity (Wildman–Crippen MR) is 117 cm³/mol. The number of aromatic nitrogens is 5. The molecule has 4 aromatic heterocycles. The standard InChI is InChI=1S/C22H23N7O2/c1-15-9-19(20(13-24-15)31-14-18-12-23-6-8-30-18)16-4-7-29-17(10-16)11-22(28-29)26-21-3-2-5-25-27-21/h2-5,7,9-11,13,18,23H,6,8,12,14H2,1H3,(H,26,27,28)/t18-/m0/s1. The Balaban J connectivity index is 1.41. The minimum atomic E-state index is 0.0370. The molecule has 2 N–H and O–H groups in total. The average molecular weight is 417 g/mol. The molecule has 1 aliphatic rings. The molecule has 1 aliphatic heterocycles. The number of fused-ring (bicyclic) bond motifs is 1. The van der Waals surface area contributed by atoms with Gasteiger partial charge in [-0.15, -0.1) is 5.10 Å². The Morgan fingerprint density at radius 1 is 1.26 bits per heavy atom. The first-order valence-corrected chi connectivity index (χ1v) is 10.2. The van der Waals surface area contributed by atoms with Crippen molar-refractivity contribution in [2.75, 3.05) is 31.6 Å². The zero-order chi connectivity index (χ0) is 21.0. The number of hydrogen-bond donors (Lipinski definition) is 2. The molecule has 9 nitrogen and oxygen atoms in total. The summed E-state index contributed by atoms with van der Waals surface area (Å²) in [5.41, 5.74) is 3.89. The predicted octanol–water partition coefficient (Wildman–Crippen LogP) is 2.61. The lowest BCUT2D eigenvalue weighted by Gasteiger charge is -2.24. The van der Waals surface area contributed by atoms with Crippen LogP contribution in [-0.4, -0.2) is 57.2 Å². The Hall–Kier alpha value is -3.56. The highest BCUT2D eigenvalue weighted by atomic mass is 16.5. The van der Waals surface area contributed by atoms with E-state index in [9.17, 15) is 0 Å². The quantitative estimate of drug-likeness (QED) is 0.494. The second-order valence-corrected chi connectivity index (χ2v) is 7.38. The van der Waals surface area contributed by atoms with Gasteiger partial charge in [-0.2, -0.15) is 10.2 Å². The van der Waals surface area contributed by atoms with E-state index >= 15 is 0 Å². The highest BCUT2D eigenvalue weighted by Crippen LogP contribution is 2.31. The summed E-state index contributed by atoms with van der Waals surface area (Å²) in [6, 6.07) is 11.8. The van der Waals surface area contributed by atoms with Crippen LogP contribution in [-0.2, 0) is 4.74 Å². The van der Waals surface area contributed by atoms with Gasteiger partial charge in [0.1, 0.15) is 18.5 Å². The molecule has 0 aromatic carbocycles. The van der Waals surface area contributed by atoms with Gasteiger partial charge in [0.25, 0.3) is 0 Å². The summed E-state index contributed by atoms with van der Waals surface area (Å²) in [7, 11) is 0. The van der Waals surface area contributed by atoms with Crippen molar-refractivity contribution in [1.82, 2.24) is 30.1 Å². The first-order valence-electron chi connectivity index (χ1n) is 10.2. The number of nitrogens with one attached hydrogen (secondary N) is 2. The summed E-state index contributed by atoms with van der Waals surface area (Å²) >= 11 is 0. The molecule has 1 fully saturated rings. The molecule has 0 bridgehead atoms. The summed E-state index contributed by atoms with van der Waals surface area (Å²) in [5, 5.41) is 19.0. The van der Waals surface area contributed by atoms with Crippen molar-refractivity contribution < 1.29 is 9.47 Å². The number of anilines is 2. The number of hydrogen-bond acceptors (Lipinski definition) is 8. The van der Waals surface area contributed by atoms with Gasteiger partial charge in [0.15, 0.2) is 11.6 Å². The minimum Gasteiger partial charge on any atom is -0.489 e. The van der Waals surface area contributed by atoms with E-state index in [-0.39, 0.29) is 6.10 Å². The van der Waals surface area contributed by atoms with Crippen LogP contribution >= 0.6 is 0 Å². The molecule has 0 spiro atoms. The van der Waals surface area contributed by atoms with Gasteiger partial charge in [-0.05, 0) is 42.8 Å². The van der Waals surface area contributed by atoms with Crippen LogP contribution in [0.4, 0.5) is 11.6 Å². The first-order chi connectivity index (χ1) is 15.2. The van der Waals surface area contributed by atoms with E-state index in [1.807, 2.05) is 48.0 Å². The largest absolute Gasteiger partial charge is 0.489 e. The molecular weight excluding hydrogens is 394 g/mol. The maximum Gasteiger partial charge on any atom is 0.154 e. The van der Waals surface area contributed by atoms with Crippen LogP contribution in [0.5, 0.6) is 5.75 Å². The minimum absolute atomic E-state index is 0.0370. The van der Waals surface area contributed by atoms with Gasteiger partial charge in [-0.1, -0.05) is 0 Å². The number of morpholine rings is 1. The van der Waals surface area contributed by atoms with Crippen molar-refractivity contribution >= 4 is 17.2 Å². The Bertz CT molecular complexity index is 1170. The van der Waals surface area contributed by atoms with Gasteiger partial charge in [-0.3, -0.25) is 4.98 Å². The smallest absolute Gasteiger partial charge is 0.154 e. The highest BCUT2D eigenvalue weighted by molar-refractivity contribution is 5.75. The lowest BCUT2D eigenvalue weighted by molar-refractivity contribution is 0.000245. The van der Waals surface area contributed by atoms with E-state index in [0.29, 0.717) is 24.8 Å². The van der Waals surface area contributed by atoms with Crippen LogP contribution in [0.3, 0.4) is 0 Å². The van der Waals surface area contributed by atoms with E-state index in [4.69, 9.17) is 9.47 Å². The van der Waals surface area contributed by atoms with Crippen LogP contribution in [0, 0.1) is 6.92 Å². The monoisotopic (exact) mass is 417 g/mol. The fourth-order valence-corrected chi connectivity index (χ4v) is 3.52. The van der Waals surface area contributed by atoms with Crippen molar-refractivity contribution in [3.63, 3.8) is 0 Å². The molecule has 31 heavy (non-hydrogen) atoms. The molecule has 0 unspecified atom stereocenters. The van der Waals surface area contributed by atoms with Gasteiger partial charge in [0, 0.05) is 42.8 Å². The summed E-state index contributed by atoms with van der Waals surface area (Å²) in [4.78, 5) is 4.42. The Labute approximate surface area is 179 Å². The number of pyridine rings is 2. The number of nitrogens with zero attached hydrogens (tertiary/aromatic N) is 5. The summed E-state index contributed by atoms with van der Waals surface area (Å²) in [6.07, 6.45) is 5.38. The van der Waals surface area contributed by atoms with E-state index in [1.54, 1.807) is 12.4 Å². The Morgan fingerprint density at radius 2 is 2.23 bits per heavy atom. The van der Waals surface area contributed by atoms with Crippen LogP contribution in [0.1, 0.15) is 5.69 Å². The maximum absolute atomic E-state index is 6.10. The number of ether oxygens (including phenoxy) is 2. The van der Waals surface area contributed by atoms with Crippen molar-refractivity contribution in [2.24, 2.45) is 0 Å². The van der Waals surface area contributed by atoms with Crippen LogP contribution in [0.2, 0.25) is 0 Å². The summed E-state index contributed by atoms with van der Waals surface area (Å²) in [5.74, 6) is 2.08. The van der Waals surface area contributed by atoms with Gasteiger partial charge in [0.2, 0.25) is 0 Å². The maximum atomic E-state index is 6.10. The lowest BCUT2D eigenvalue weighted by Crippen LogP contribution is -2.41. The molecule has 0 radical (unpaired) electrons. The van der Waals surface area contributed by atoms with Crippen LogP contribution < -0.4 is 15.4 Å². The molecule has 0 aliphatic carbocycles. The molecule has 1 atom stereocenters. The van der Waals surface area contributed by atoms with Gasteiger partial charge in [0.05, 0.1) is 18.3 Å². The molecule has 1 saturated heterocycles. The molecular formula is C22H23N7O2. The van der Waals surface area contributed by atoms with E-state index < -0.39 is 0 Å². The second kappa shape index (κ2) is 8.66. The normalized spacial score (nSPS) is 16.4. The zero-order valence-corrected chi connectivity index (χ0v) is 17.2. The highest BCUT2D eigenvalue weighted by Gasteiger charge is 2.16. The SMILES string of the molecule is Cc1cc(-c2ccn3nc(Nc4cccnn4)cc3c2)c(OC[C@@H]2CNCCO2)cn1. The Kier molecular flexibility index (Phi) is 5.42. The van der Waals surface area contributed by atoms with E-state index in [0.717, 1.165) is 41.2 Å². The van der Waals surface area contributed by atoms with E-state index in [2.05, 4.69) is 37.0 Å². The van der Waals surface area contributed by atoms with Crippen LogP contribution in [0.25, 0.3) is 16.6 Å². The molecule has 0 saturated carbocycles. The second-order valence-electron chi connectivity index (χ2n) is 7.38. The van der Waals surface area contributed by atoms with Crippen molar-refractivity contribution in [1.29, 1.82) is 0 Å². The average Bonchev–Trinajstić information content (AvgIpc) is 3.21. The van der Waals surface area contributed by atoms with Gasteiger partial charge in [-0.25, -0.2) is 4.52 Å². The molecule has 5 heterocycles. The molecule has 5 rings (SSSR count). The molecule has 158 valence electrons. The molecule has 0 amide bonds. The summed E-state index contributed by atoms with van der Waals surface area (Å²) < 4.78 is 13.7. The van der Waals surface area contributed by atoms with Gasteiger partial charge >= 0.3 is 0 Å². The topological polar surface area (TPSA) is 98.5 Å². The third kappa shape index (κ3) is 4.47. The molecule has 9 heteroatoms.